The lowest BCUT2D eigenvalue weighted by atomic mass is 10.0. The van der Waals surface area contributed by atoms with E-state index < -0.39 is 17.9 Å². The first-order valence-corrected chi connectivity index (χ1v) is 9.39. The predicted octanol–water partition coefficient (Wildman–Crippen LogP) is 0.864. The van der Waals surface area contributed by atoms with Gasteiger partial charge in [-0.15, -0.1) is 0 Å². The molecule has 2 heterocycles. The highest BCUT2D eigenvalue weighted by atomic mass is 16.6. The third kappa shape index (κ3) is 4.59. The number of nitrogens with one attached hydrogen (secondary N) is 3. The van der Waals surface area contributed by atoms with Gasteiger partial charge in [0.05, 0.1) is 24.3 Å². The van der Waals surface area contributed by atoms with E-state index in [-0.39, 0.29) is 24.5 Å². The zero-order valence-electron chi connectivity index (χ0n) is 15.7. The Balaban J connectivity index is 1.51. The summed E-state index contributed by atoms with van der Waals surface area (Å²) in [6.45, 7) is 3.08. The van der Waals surface area contributed by atoms with Gasteiger partial charge in [-0.25, -0.2) is 4.79 Å². The molecule has 0 bridgehead atoms. The van der Waals surface area contributed by atoms with Gasteiger partial charge >= 0.3 is 6.09 Å². The molecule has 150 valence electrons. The van der Waals surface area contributed by atoms with Crippen LogP contribution < -0.4 is 16.0 Å². The molecule has 2 aliphatic rings. The maximum Gasteiger partial charge on any atom is 0.409 e. The molecule has 0 unspecified atom stereocenters. The van der Waals surface area contributed by atoms with Crippen LogP contribution in [0.2, 0.25) is 0 Å². The van der Waals surface area contributed by atoms with E-state index in [0.29, 0.717) is 43.8 Å². The fourth-order valence-corrected chi connectivity index (χ4v) is 3.35. The number of hydrogen-bond donors (Lipinski definition) is 3. The number of carbonyl (C=O) groups excluding carboxylic acids is 4. The number of anilines is 1. The monoisotopic (exact) mass is 388 g/mol. The number of hydrogen-bond acceptors (Lipinski definition) is 5. The smallest absolute Gasteiger partial charge is 0.409 e. The topological polar surface area (TPSA) is 117 Å². The summed E-state index contributed by atoms with van der Waals surface area (Å²) in [7, 11) is 0. The van der Waals surface area contributed by atoms with Crippen LogP contribution in [0.15, 0.2) is 24.3 Å². The molecule has 2 aliphatic heterocycles. The molecule has 1 saturated heterocycles. The van der Waals surface area contributed by atoms with E-state index in [1.54, 1.807) is 36.1 Å². The molecule has 1 aromatic rings. The Hall–Kier alpha value is -3.10. The summed E-state index contributed by atoms with van der Waals surface area (Å²) in [5.41, 5.74) is 0.796. The molecule has 28 heavy (non-hydrogen) atoms. The van der Waals surface area contributed by atoms with E-state index in [0.717, 1.165) is 0 Å². The number of ether oxygens (including phenoxy) is 1. The molecular formula is C19H24N4O5. The third-order valence-electron chi connectivity index (χ3n) is 4.83. The first kappa shape index (κ1) is 19.7. The van der Waals surface area contributed by atoms with E-state index in [1.165, 1.54) is 0 Å². The largest absolute Gasteiger partial charge is 0.450 e. The van der Waals surface area contributed by atoms with E-state index in [1.807, 2.05) is 0 Å². The lowest BCUT2D eigenvalue weighted by Crippen LogP contribution is -2.49. The molecule has 0 spiro atoms. The van der Waals surface area contributed by atoms with Crippen LogP contribution in [0.4, 0.5) is 10.5 Å². The van der Waals surface area contributed by atoms with E-state index in [2.05, 4.69) is 16.0 Å². The molecule has 1 fully saturated rings. The van der Waals surface area contributed by atoms with Crippen molar-refractivity contribution in [1.29, 1.82) is 0 Å². The van der Waals surface area contributed by atoms with Crippen LogP contribution in [0.5, 0.6) is 0 Å². The third-order valence-corrected chi connectivity index (χ3v) is 4.83. The van der Waals surface area contributed by atoms with Crippen LogP contribution >= 0.6 is 0 Å². The van der Waals surface area contributed by atoms with Gasteiger partial charge in [0, 0.05) is 19.1 Å². The molecule has 9 nitrogen and oxygen atoms in total. The van der Waals surface area contributed by atoms with Crippen molar-refractivity contribution in [2.24, 2.45) is 0 Å². The summed E-state index contributed by atoms with van der Waals surface area (Å²) in [4.78, 5) is 50.4. The second-order valence-corrected chi connectivity index (χ2v) is 6.79. The average molecular weight is 388 g/mol. The Bertz CT molecular complexity index is 773. The van der Waals surface area contributed by atoms with E-state index in [4.69, 9.17) is 4.74 Å². The summed E-state index contributed by atoms with van der Waals surface area (Å²) < 4.78 is 4.97. The Kier molecular flexibility index (Phi) is 6.13. The molecule has 1 atom stereocenters. The lowest BCUT2D eigenvalue weighted by molar-refractivity contribution is -0.126. The number of nitrogens with zero attached hydrogens (tertiary/aromatic N) is 1. The minimum Gasteiger partial charge on any atom is -0.450 e. The Morgan fingerprint density at radius 1 is 1.21 bits per heavy atom. The average Bonchev–Trinajstić information content (AvgIpc) is 2.79. The molecule has 1 aromatic carbocycles. The van der Waals surface area contributed by atoms with Crippen LogP contribution in [0, 0.1) is 0 Å². The van der Waals surface area contributed by atoms with Crippen LogP contribution in [-0.4, -0.2) is 60.5 Å². The standard InChI is InChI=1S/C19H24N4O5/c1-2-28-19(27)23-9-7-12(8-10-23)20-16(24)11-15-18(26)21-14-6-4-3-5-13(14)17(25)22-15/h3-6,12,15H,2,7-11H2,1H3,(H,20,24)(H,21,26)(H,22,25)/t15-/m0/s1. The lowest BCUT2D eigenvalue weighted by Gasteiger charge is -2.31. The number of carbonyl (C=O) groups is 4. The van der Waals surface area contributed by atoms with Crippen molar-refractivity contribution in [1.82, 2.24) is 15.5 Å². The molecule has 0 radical (unpaired) electrons. The maximum absolute atomic E-state index is 12.4. The highest BCUT2D eigenvalue weighted by molar-refractivity contribution is 6.10. The Morgan fingerprint density at radius 3 is 2.64 bits per heavy atom. The fraction of sp³-hybridized carbons (Fsp3) is 0.474. The quantitative estimate of drug-likeness (QED) is 0.707. The number of para-hydroxylation sites is 1. The van der Waals surface area contributed by atoms with Gasteiger partial charge in [0.15, 0.2) is 0 Å². The predicted molar refractivity (Wildman–Crippen MR) is 101 cm³/mol. The number of amides is 4. The SMILES string of the molecule is CCOC(=O)N1CCC(NC(=O)C[C@@H]2NC(=O)c3ccccc3NC2=O)CC1. The van der Waals surface area contributed by atoms with Gasteiger partial charge in [0.25, 0.3) is 5.91 Å². The minimum absolute atomic E-state index is 0.0834. The van der Waals surface area contributed by atoms with Crippen LogP contribution in [0.3, 0.4) is 0 Å². The summed E-state index contributed by atoms with van der Waals surface area (Å²) in [6.07, 6.45) is 0.729. The molecule has 9 heteroatoms. The summed E-state index contributed by atoms with van der Waals surface area (Å²) in [5, 5.41) is 8.18. The Labute approximate surface area is 162 Å². The van der Waals surface area contributed by atoms with Crippen molar-refractivity contribution in [3.63, 3.8) is 0 Å². The van der Waals surface area contributed by atoms with Crippen LogP contribution in [-0.2, 0) is 14.3 Å². The number of likely N-dealkylation sites (tertiary alicyclic amines) is 1. The second-order valence-electron chi connectivity index (χ2n) is 6.79. The van der Waals surface area contributed by atoms with Crippen molar-refractivity contribution >= 4 is 29.5 Å². The Morgan fingerprint density at radius 2 is 1.93 bits per heavy atom. The van der Waals surface area contributed by atoms with Gasteiger partial charge in [-0.3, -0.25) is 14.4 Å². The van der Waals surface area contributed by atoms with Crippen molar-refractivity contribution in [2.75, 3.05) is 25.0 Å². The van der Waals surface area contributed by atoms with E-state index in [9.17, 15) is 19.2 Å². The van der Waals surface area contributed by atoms with Gasteiger partial charge in [-0.2, -0.15) is 0 Å². The van der Waals surface area contributed by atoms with Gasteiger partial charge in [0.1, 0.15) is 6.04 Å². The normalized spacial score (nSPS) is 19.8. The molecule has 3 rings (SSSR count). The van der Waals surface area contributed by atoms with Crippen molar-refractivity contribution < 1.29 is 23.9 Å². The highest BCUT2D eigenvalue weighted by Gasteiger charge is 2.31. The number of rotatable bonds is 4. The number of piperidine rings is 1. The number of benzene rings is 1. The maximum atomic E-state index is 12.4. The van der Waals surface area contributed by atoms with Gasteiger partial charge in [-0.1, -0.05) is 12.1 Å². The van der Waals surface area contributed by atoms with Gasteiger partial charge in [-0.05, 0) is 31.9 Å². The molecule has 0 aromatic heterocycles. The minimum atomic E-state index is -0.945. The summed E-state index contributed by atoms with van der Waals surface area (Å²) >= 11 is 0. The van der Waals surface area contributed by atoms with Gasteiger partial charge < -0.3 is 25.6 Å². The molecular weight excluding hydrogens is 364 g/mol. The van der Waals surface area contributed by atoms with Crippen LogP contribution in [0.25, 0.3) is 0 Å². The first-order valence-electron chi connectivity index (χ1n) is 9.39. The van der Waals surface area contributed by atoms with Crippen molar-refractivity contribution in [3.8, 4) is 0 Å². The molecule has 4 amide bonds. The fourth-order valence-electron chi connectivity index (χ4n) is 3.35. The first-order chi connectivity index (χ1) is 13.5. The second kappa shape index (κ2) is 8.73. The van der Waals surface area contributed by atoms with Crippen LogP contribution in [0.1, 0.15) is 36.5 Å². The van der Waals surface area contributed by atoms with Gasteiger partial charge in [0.2, 0.25) is 11.8 Å². The number of fused-ring (bicyclic) bond motifs is 1. The zero-order valence-corrected chi connectivity index (χ0v) is 15.7. The van der Waals surface area contributed by atoms with Crippen molar-refractivity contribution in [3.05, 3.63) is 29.8 Å². The zero-order chi connectivity index (χ0) is 20.1. The summed E-state index contributed by atoms with van der Waals surface area (Å²) in [5.74, 6) is -1.14. The molecule has 0 aliphatic carbocycles. The van der Waals surface area contributed by atoms with Crippen molar-refractivity contribution in [2.45, 2.75) is 38.3 Å². The highest BCUT2D eigenvalue weighted by Crippen LogP contribution is 2.19. The molecule has 3 N–H and O–H groups in total. The molecule has 0 saturated carbocycles. The van der Waals surface area contributed by atoms with E-state index >= 15 is 0 Å². The summed E-state index contributed by atoms with van der Waals surface area (Å²) in [6, 6.07) is 5.67.